The first kappa shape index (κ1) is 18.7. The summed E-state index contributed by atoms with van der Waals surface area (Å²) in [6, 6.07) is 5.72. The maximum Gasteiger partial charge on any atom is 0.191 e. The van der Waals surface area contributed by atoms with Gasteiger partial charge in [-0.1, -0.05) is 12.0 Å². The number of nitrogens with zero attached hydrogens (tertiary/aromatic N) is 1. The van der Waals surface area contributed by atoms with E-state index in [4.69, 9.17) is 20.6 Å². The molecule has 0 spiro atoms. The van der Waals surface area contributed by atoms with Crippen LogP contribution in [0.25, 0.3) is 0 Å². The summed E-state index contributed by atoms with van der Waals surface area (Å²) in [5, 5.41) is 6.41. The molecule has 0 saturated heterocycles. The van der Waals surface area contributed by atoms with Crippen LogP contribution in [0.15, 0.2) is 23.2 Å². The standard InChI is InChI=1S/C17H25N3O3/c1-5-10-23-16-12-14(7-8-15(16)21-4)13-20-17(18-3)19-9-11-22-6-2/h1,7-8,12H,6,9-11,13H2,2-4H3,(H2,18,19,20). The summed E-state index contributed by atoms with van der Waals surface area (Å²) in [6.45, 7) is 4.83. The first-order valence-corrected chi connectivity index (χ1v) is 7.50. The van der Waals surface area contributed by atoms with E-state index in [1.54, 1.807) is 14.2 Å². The van der Waals surface area contributed by atoms with Crippen molar-refractivity contribution in [3.8, 4) is 23.8 Å². The first-order chi connectivity index (χ1) is 11.2. The van der Waals surface area contributed by atoms with Crippen LogP contribution in [0.2, 0.25) is 0 Å². The molecule has 0 fully saturated rings. The SMILES string of the molecule is C#CCOc1cc(CNC(=NC)NCCOCC)ccc1OC. The van der Waals surface area contributed by atoms with Crippen molar-refractivity contribution in [1.29, 1.82) is 0 Å². The largest absolute Gasteiger partial charge is 0.493 e. The molecule has 0 saturated carbocycles. The molecule has 1 aromatic rings. The predicted octanol–water partition coefficient (Wildman–Crippen LogP) is 1.41. The molecule has 6 heteroatoms. The molecule has 0 atom stereocenters. The number of rotatable bonds is 9. The van der Waals surface area contributed by atoms with Gasteiger partial charge in [-0.05, 0) is 24.6 Å². The van der Waals surface area contributed by atoms with Crippen molar-refractivity contribution in [2.24, 2.45) is 4.99 Å². The van der Waals surface area contributed by atoms with Gasteiger partial charge in [-0.15, -0.1) is 6.42 Å². The molecule has 0 heterocycles. The minimum Gasteiger partial charge on any atom is -0.493 e. The zero-order valence-electron chi connectivity index (χ0n) is 14.0. The van der Waals surface area contributed by atoms with Gasteiger partial charge in [0.05, 0.1) is 13.7 Å². The Bertz CT molecular complexity index is 538. The summed E-state index contributed by atoms with van der Waals surface area (Å²) in [4.78, 5) is 4.16. The summed E-state index contributed by atoms with van der Waals surface area (Å²) in [7, 11) is 3.33. The van der Waals surface area contributed by atoms with Crippen molar-refractivity contribution in [2.75, 3.05) is 40.5 Å². The number of nitrogens with one attached hydrogen (secondary N) is 2. The smallest absolute Gasteiger partial charge is 0.191 e. The van der Waals surface area contributed by atoms with Crippen molar-refractivity contribution >= 4 is 5.96 Å². The van der Waals surface area contributed by atoms with E-state index < -0.39 is 0 Å². The second-order valence-electron chi connectivity index (χ2n) is 4.53. The van der Waals surface area contributed by atoms with Gasteiger partial charge in [0.1, 0.15) is 6.61 Å². The Kier molecular flexibility index (Phi) is 9.10. The molecule has 0 amide bonds. The maximum atomic E-state index is 5.49. The Labute approximate surface area is 138 Å². The molecule has 1 aromatic carbocycles. The van der Waals surface area contributed by atoms with Crippen LogP contribution >= 0.6 is 0 Å². The second-order valence-corrected chi connectivity index (χ2v) is 4.53. The second kappa shape index (κ2) is 11.2. The zero-order valence-corrected chi connectivity index (χ0v) is 14.0. The van der Waals surface area contributed by atoms with Crippen molar-refractivity contribution < 1.29 is 14.2 Å². The number of benzene rings is 1. The Morgan fingerprint density at radius 1 is 1.30 bits per heavy atom. The average Bonchev–Trinajstić information content (AvgIpc) is 2.59. The highest BCUT2D eigenvalue weighted by Gasteiger charge is 2.06. The number of ether oxygens (including phenoxy) is 3. The normalized spacial score (nSPS) is 10.8. The van der Waals surface area contributed by atoms with Crippen molar-refractivity contribution in [1.82, 2.24) is 10.6 Å². The fourth-order valence-corrected chi connectivity index (χ4v) is 1.86. The predicted molar refractivity (Wildman–Crippen MR) is 92.0 cm³/mol. The Hall–Kier alpha value is -2.39. The van der Waals surface area contributed by atoms with Crippen molar-refractivity contribution in [3.63, 3.8) is 0 Å². The summed E-state index contributed by atoms with van der Waals surface area (Å²) >= 11 is 0. The Morgan fingerprint density at radius 2 is 2.13 bits per heavy atom. The van der Waals surface area contributed by atoms with E-state index in [1.807, 2.05) is 25.1 Å². The molecule has 126 valence electrons. The lowest BCUT2D eigenvalue weighted by Crippen LogP contribution is -2.38. The van der Waals surface area contributed by atoms with E-state index in [2.05, 4.69) is 21.5 Å². The lowest BCUT2D eigenvalue weighted by atomic mass is 10.2. The van der Waals surface area contributed by atoms with Crippen LogP contribution in [-0.4, -0.2) is 46.5 Å². The van der Waals surface area contributed by atoms with Crippen LogP contribution < -0.4 is 20.1 Å². The number of aliphatic imine (C=N–C) groups is 1. The van der Waals surface area contributed by atoms with Crippen LogP contribution in [-0.2, 0) is 11.3 Å². The lowest BCUT2D eigenvalue weighted by Gasteiger charge is -2.14. The highest BCUT2D eigenvalue weighted by molar-refractivity contribution is 5.79. The van der Waals surface area contributed by atoms with E-state index >= 15 is 0 Å². The van der Waals surface area contributed by atoms with Gasteiger partial charge in [0.2, 0.25) is 0 Å². The van der Waals surface area contributed by atoms with Crippen LogP contribution in [0, 0.1) is 12.3 Å². The minimum atomic E-state index is 0.202. The molecule has 6 nitrogen and oxygen atoms in total. The van der Waals surface area contributed by atoms with E-state index in [1.165, 1.54) is 0 Å². The van der Waals surface area contributed by atoms with Gasteiger partial charge in [0.15, 0.2) is 17.5 Å². The van der Waals surface area contributed by atoms with Crippen molar-refractivity contribution in [2.45, 2.75) is 13.5 Å². The highest BCUT2D eigenvalue weighted by atomic mass is 16.5. The quantitative estimate of drug-likeness (QED) is 0.312. The fourth-order valence-electron chi connectivity index (χ4n) is 1.86. The topological polar surface area (TPSA) is 64.1 Å². The molecule has 0 aliphatic heterocycles. The summed E-state index contributed by atoms with van der Waals surface area (Å²) in [5.41, 5.74) is 1.03. The molecule has 2 N–H and O–H groups in total. The van der Waals surface area contributed by atoms with Gasteiger partial charge in [-0.2, -0.15) is 0 Å². The molecule has 0 aliphatic rings. The number of hydrogen-bond acceptors (Lipinski definition) is 4. The van der Waals surface area contributed by atoms with E-state index in [9.17, 15) is 0 Å². The first-order valence-electron chi connectivity index (χ1n) is 7.50. The van der Waals surface area contributed by atoms with Gasteiger partial charge in [0, 0.05) is 26.7 Å². The molecule has 0 bridgehead atoms. The molecule has 0 aliphatic carbocycles. The molecule has 0 radical (unpaired) electrons. The van der Waals surface area contributed by atoms with Gasteiger partial charge < -0.3 is 24.8 Å². The third kappa shape index (κ3) is 6.94. The zero-order chi connectivity index (χ0) is 16.9. The number of hydrogen-bond donors (Lipinski definition) is 2. The molecular weight excluding hydrogens is 294 g/mol. The fraction of sp³-hybridized carbons (Fsp3) is 0.471. The summed E-state index contributed by atoms with van der Waals surface area (Å²) < 4.78 is 16.0. The molecular formula is C17H25N3O3. The number of guanidine groups is 1. The molecule has 0 unspecified atom stereocenters. The Balaban J connectivity index is 2.57. The maximum absolute atomic E-state index is 5.49. The third-order valence-corrected chi connectivity index (χ3v) is 2.97. The van der Waals surface area contributed by atoms with Crippen LogP contribution in [0.4, 0.5) is 0 Å². The van der Waals surface area contributed by atoms with Gasteiger partial charge in [-0.25, -0.2) is 0 Å². The number of methoxy groups -OCH3 is 1. The van der Waals surface area contributed by atoms with Gasteiger partial charge >= 0.3 is 0 Å². The summed E-state index contributed by atoms with van der Waals surface area (Å²) in [6.07, 6.45) is 5.23. The van der Waals surface area contributed by atoms with Crippen LogP contribution in [0.1, 0.15) is 12.5 Å². The van der Waals surface area contributed by atoms with Gasteiger partial charge in [-0.3, -0.25) is 4.99 Å². The summed E-state index contributed by atoms with van der Waals surface area (Å²) in [5.74, 6) is 4.44. The molecule has 23 heavy (non-hydrogen) atoms. The molecule has 1 rings (SSSR count). The van der Waals surface area contributed by atoms with E-state index in [0.717, 1.165) is 5.56 Å². The average molecular weight is 319 g/mol. The van der Waals surface area contributed by atoms with Gasteiger partial charge in [0.25, 0.3) is 0 Å². The van der Waals surface area contributed by atoms with E-state index in [-0.39, 0.29) is 6.61 Å². The number of terminal acetylenes is 1. The monoisotopic (exact) mass is 319 g/mol. The van der Waals surface area contributed by atoms with Crippen molar-refractivity contribution in [3.05, 3.63) is 23.8 Å². The van der Waals surface area contributed by atoms with E-state index in [0.29, 0.717) is 43.8 Å². The lowest BCUT2D eigenvalue weighted by molar-refractivity contribution is 0.152. The molecule has 0 aromatic heterocycles. The minimum absolute atomic E-state index is 0.202. The van der Waals surface area contributed by atoms with Crippen LogP contribution in [0.5, 0.6) is 11.5 Å². The Morgan fingerprint density at radius 3 is 2.78 bits per heavy atom. The van der Waals surface area contributed by atoms with Crippen LogP contribution in [0.3, 0.4) is 0 Å². The third-order valence-electron chi connectivity index (χ3n) is 2.97. The highest BCUT2D eigenvalue weighted by Crippen LogP contribution is 2.27.